The topological polar surface area (TPSA) is 86.5 Å². The Balaban J connectivity index is 1.59. The highest BCUT2D eigenvalue weighted by Crippen LogP contribution is 2.23. The third-order valence-electron chi connectivity index (χ3n) is 4.63. The Labute approximate surface area is 140 Å². The molecule has 2 aromatic heterocycles. The van der Waals surface area contributed by atoms with Crippen LogP contribution in [0.3, 0.4) is 0 Å². The number of carbonyl (C=O) groups is 1. The van der Waals surface area contributed by atoms with Crippen LogP contribution in [0.1, 0.15) is 53.3 Å². The summed E-state index contributed by atoms with van der Waals surface area (Å²) < 4.78 is 0. The van der Waals surface area contributed by atoms with E-state index in [0.717, 1.165) is 59.5 Å². The third-order valence-corrected chi connectivity index (χ3v) is 4.63. The summed E-state index contributed by atoms with van der Waals surface area (Å²) in [7, 11) is 0. The van der Waals surface area contributed by atoms with Crippen LogP contribution in [-0.4, -0.2) is 26.1 Å². The average Bonchev–Trinajstić information content (AvgIpc) is 3.08. The maximum Gasteiger partial charge on any atom is 0.276 e. The van der Waals surface area contributed by atoms with E-state index in [2.05, 4.69) is 25.5 Å². The van der Waals surface area contributed by atoms with Crippen molar-refractivity contribution in [3.8, 4) is 0 Å². The second-order valence-corrected chi connectivity index (χ2v) is 6.45. The smallest absolute Gasteiger partial charge is 0.276 e. The van der Waals surface area contributed by atoms with Crippen LogP contribution in [0.4, 0.5) is 5.69 Å². The van der Waals surface area contributed by atoms with Crippen molar-refractivity contribution in [1.82, 2.24) is 20.2 Å². The highest BCUT2D eigenvalue weighted by molar-refractivity contribution is 6.04. The summed E-state index contributed by atoms with van der Waals surface area (Å²) in [5, 5.41) is 10.3. The molecule has 1 amide bonds. The first-order valence-electron chi connectivity index (χ1n) is 8.54. The van der Waals surface area contributed by atoms with Crippen LogP contribution in [-0.2, 0) is 12.8 Å². The largest absolute Gasteiger partial charge is 0.342 e. The van der Waals surface area contributed by atoms with Crippen LogP contribution in [0.2, 0.25) is 0 Å². The van der Waals surface area contributed by atoms with E-state index in [9.17, 15) is 4.79 Å². The number of nitrogens with zero attached hydrogens (tertiary/aromatic N) is 2. The van der Waals surface area contributed by atoms with Gasteiger partial charge in [0.05, 0.1) is 11.0 Å². The standard InChI is InChI=1S/C18H21N5O/c1-11-19-15-9-8-12(10-16(15)20-11)21-18(24)17-13-6-4-2-3-5-7-14(13)22-23-17/h8-10H,2-7H2,1H3,(H,19,20)(H,21,24)(H,22,23). The van der Waals surface area contributed by atoms with Crippen molar-refractivity contribution in [3.63, 3.8) is 0 Å². The summed E-state index contributed by atoms with van der Waals surface area (Å²) in [6.45, 7) is 1.92. The average molecular weight is 323 g/mol. The van der Waals surface area contributed by atoms with Crippen molar-refractivity contribution in [3.05, 3.63) is 41.0 Å². The number of aryl methyl sites for hydroxylation is 2. The first kappa shape index (κ1) is 14.9. The number of carbonyl (C=O) groups excluding carboxylic acids is 1. The van der Waals surface area contributed by atoms with Crippen LogP contribution in [0.15, 0.2) is 18.2 Å². The third kappa shape index (κ3) is 2.79. The van der Waals surface area contributed by atoms with Crippen LogP contribution in [0, 0.1) is 6.92 Å². The van der Waals surface area contributed by atoms with Crippen molar-refractivity contribution < 1.29 is 4.79 Å². The summed E-state index contributed by atoms with van der Waals surface area (Å²) in [4.78, 5) is 20.2. The number of benzene rings is 1. The van der Waals surface area contributed by atoms with E-state index < -0.39 is 0 Å². The zero-order chi connectivity index (χ0) is 16.5. The molecule has 24 heavy (non-hydrogen) atoms. The Bertz CT molecular complexity index is 892. The number of H-pyrrole nitrogens is 2. The molecule has 0 fully saturated rings. The lowest BCUT2D eigenvalue weighted by molar-refractivity contribution is 0.102. The highest BCUT2D eigenvalue weighted by Gasteiger charge is 2.20. The number of rotatable bonds is 2. The lowest BCUT2D eigenvalue weighted by Crippen LogP contribution is -2.15. The zero-order valence-corrected chi connectivity index (χ0v) is 13.8. The monoisotopic (exact) mass is 323 g/mol. The van der Waals surface area contributed by atoms with Crippen molar-refractivity contribution in [2.45, 2.75) is 45.4 Å². The fourth-order valence-corrected chi connectivity index (χ4v) is 3.43. The van der Waals surface area contributed by atoms with E-state index in [1.54, 1.807) is 0 Å². The van der Waals surface area contributed by atoms with Gasteiger partial charge in [-0.25, -0.2) is 4.98 Å². The molecule has 3 N–H and O–H groups in total. The zero-order valence-electron chi connectivity index (χ0n) is 13.8. The van der Waals surface area contributed by atoms with Crippen molar-refractivity contribution in [2.24, 2.45) is 0 Å². The molecule has 1 aliphatic rings. The number of hydrogen-bond donors (Lipinski definition) is 3. The van der Waals surface area contributed by atoms with E-state index in [1.807, 2.05) is 25.1 Å². The van der Waals surface area contributed by atoms with Gasteiger partial charge in [0.1, 0.15) is 5.82 Å². The molecular weight excluding hydrogens is 302 g/mol. The Hall–Kier alpha value is -2.63. The molecule has 1 aromatic carbocycles. The lowest BCUT2D eigenvalue weighted by Gasteiger charge is -2.10. The summed E-state index contributed by atoms with van der Waals surface area (Å²) in [6.07, 6.45) is 6.66. The quantitative estimate of drug-likeness (QED) is 0.674. The molecule has 6 heteroatoms. The number of hydrogen-bond acceptors (Lipinski definition) is 3. The van der Waals surface area contributed by atoms with Gasteiger partial charge in [-0.2, -0.15) is 5.10 Å². The van der Waals surface area contributed by atoms with Crippen molar-refractivity contribution in [1.29, 1.82) is 0 Å². The SMILES string of the molecule is Cc1nc2ccc(NC(=O)c3n[nH]c4c3CCCCCC4)cc2[nH]1. The number of imidazole rings is 1. The summed E-state index contributed by atoms with van der Waals surface area (Å²) in [5.74, 6) is 0.714. The van der Waals surface area contributed by atoms with Crippen molar-refractivity contribution in [2.75, 3.05) is 5.32 Å². The first-order chi connectivity index (χ1) is 11.7. The minimum Gasteiger partial charge on any atom is -0.342 e. The number of amides is 1. The molecule has 2 heterocycles. The molecule has 0 bridgehead atoms. The maximum absolute atomic E-state index is 12.7. The first-order valence-corrected chi connectivity index (χ1v) is 8.54. The van der Waals surface area contributed by atoms with E-state index in [0.29, 0.717) is 5.69 Å². The number of fused-ring (bicyclic) bond motifs is 2. The number of aromatic nitrogens is 4. The second kappa shape index (κ2) is 6.11. The minimum absolute atomic E-state index is 0.149. The van der Waals surface area contributed by atoms with Crippen LogP contribution >= 0.6 is 0 Å². The highest BCUT2D eigenvalue weighted by atomic mass is 16.1. The van der Waals surface area contributed by atoms with Crippen molar-refractivity contribution >= 4 is 22.6 Å². The Morgan fingerprint density at radius 3 is 2.88 bits per heavy atom. The van der Waals surface area contributed by atoms with Gasteiger partial charge in [0.2, 0.25) is 0 Å². The number of anilines is 1. The van der Waals surface area contributed by atoms with Gasteiger partial charge in [0, 0.05) is 16.9 Å². The molecule has 1 aliphatic carbocycles. The number of aromatic amines is 2. The predicted octanol–water partition coefficient (Wildman–Crippen LogP) is 3.51. The van der Waals surface area contributed by atoms with Crippen LogP contribution < -0.4 is 5.32 Å². The molecular formula is C18H21N5O. The molecule has 124 valence electrons. The Morgan fingerprint density at radius 1 is 1.17 bits per heavy atom. The van der Waals surface area contributed by atoms with E-state index in [1.165, 1.54) is 12.8 Å². The molecule has 0 atom stereocenters. The van der Waals surface area contributed by atoms with Crippen LogP contribution in [0.5, 0.6) is 0 Å². The molecule has 0 radical (unpaired) electrons. The van der Waals surface area contributed by atoms with Gasteiger partial charge < -0.3 is 10.3 Å². The molecule has 6 nitrogen and oxygen atoms in total. The Morgan fingerprint density at radius 2 is 2.00 bits per heavy atom. The molecule has 0 spiro atoms. The molecule has 4 rings (SSSR count). The summed E-state index contributed by atoms with van der Waals surface area (Å²) >= 11 is 0. The minimum atomic E-state index is -0.149. The summed E-state index contributed by atoms with van der Waals surface area (Å²) in [6, 6.07) is 5.68. The molecule has 0 saturated heterocycles. The fourth-order valence-electron chi connectivity index (χ4n) is 3.43. The van der Waals surface area contributed by atoms with Gasteiger partial charge >= 0.3 is 0 Å². The van der Waals surface area contributed by atoms with E-state index >= 15 is 0 Å². The molecule has 3 aromatic rings. The van der Waals surface area contributed by atoms with Gasteiger partial charge in [0.25, 0.3) is 5.91 Å². The van der Waals surface area contributed by atoms with Gasteiger partial charge in [-0.05, 0) is 50.8 Å². The molecule has 0 saturated carbocycles. The van der Waals surface area contributed by atoms with E-state index in [4.69, 9.17) is 0 Å². The van der Waals surface area contributed by atoms with Crippen LogP contribution in [0.25, 0.3) is 11.0 Å². The molecule has 0 unspecified atom stereocenters. The van der Waals surface area contributed by atoms with E-state index in [-0.39, 0.29) is 5.91 Å². The normalized spacial score (nSPS) is 14.9. The van der Waals surface area contributed by atoms with Gasteiger partial charge in [-0.3, -0.25) is 9.89 Å². The second-order valence-electron chi connectivity index (χ2n) is 6.45. The summed E-state index contributed by atoms with van der Waals surface area (Å²) in [5.41, 5.74) is 5.31. The van der Waals surface area contributed by atoms with Gasteiger partial charge in [-0.15, -0.1) is 0 Å². The number of nitrogens with one attached hydrogen (secondary N) is 3. The predicted molar refractivity (Wildman–Crippen MR) is 93.2 cm³/mol. The molecule has 0 aliphatic heterocycles. The van der Waals surface area contributed by atoms with Gasteiger partial charge in [-0.1, -0.05) is 12.8 Å². The Kier molecular flexibility index (Phi) is 3.80. The lowest BCUT2D eigenvalue weighted by atomic mass is 9.97. The maximum atomic E-state index is 12.7. The van der Waals surface area contributed by atoms with Gasteiger partial charge in [0.15, 0.2) is 5.69 Å². The fraction of sp³-hybridized carbons (Fsp3) is 0.389.